The summed E-state index contributed by atoms with van der Waals surface area (Å²) in [4.78, 5) is 13.6. The largest absolute Gasteiger partial charge is 0.314 e. The monoisotopic (exact) mass is 271 g/mol. The van der Waals surface area contributed by atoms with Gasteiger partial charge in [-0.15, -0.1) is 23.2 Å². The van der Waals surface area contributed by atoms with Gasteiger partial charge < -0.3 is 4.90 Å². The number of benzene rings is 1. The molecule has 1 aliphatic rings. The molecule has 0 aromatic heterocycles. The Labute approximate surface area is 112 Å². The number of likely N-dealkylation sites (N-methyl/N-ethyl adjacent to an activating group) is 1. The number of alkyl halides is 2. The van der Waals surface area contributed by atoms with Crippen molar-refractivity contribution in [2.45, 2.75) is 30.5 Å². The molecule has 4 heteroatoms. The van der Waals surface area contributed by atoms with Crippen molar-refractivity contribution >= 4 is 34.8 Å². The molecule has 1 heterocycles. The zero-order valence-electron chi connectivity index (χ0n) is 10.1. The van der Waals surface area contributed by atoms with Crippen molar-refractivity contribution in [2.24, 2.45) is 0 Å². The Kier molecular flexibility index (Phi) is 3.13. The molecule has 0 radical (unpaired) electrons. The lowest BCUT2D eigenvalue weighted by atomic mass is 9.81. The number of halogens is 2. The van der Waals surface area contributed by atoms with Crippen molar-refractivity contribution in [1.82, 2.24) is 0 Å². The Balaban J connectivity index is 2.59. The summed E-state index contributed by atoms with van der Waals surface area (Å²) in [5.74, 6) is 0.0631. The van der Waals surface area contributed by atoms with E-state index in [4.69, 9.17) is 23.2 Å². The normalized spacial score (nSPS) is 23.4. The van der Waals surface area contributed by atoms with E-state index >= 15 is 0 Å². The van der Waals surface area contributed by atoms with Crippen molar-refractivity contribution in [1.29, 1.82) is 0 Å². The highest BCUT2D eigenvalue weighted by Crippen LogP contribution is 2.46. The molecule has 0 saturated heterocycles. The maximum Gasteiger partial charge on any atom is 0.237 e. The summed E-state index contributed by atoms with van der Waals surface area (Å²) in [5.41, 5.74) is 2.51. The Morgan fingerprint density at radius 2 is 2.06 bits per heavy atom. The van der Waals surface area contributed by atoms with Crippen molar-refractivity contribution in [3.8, 4) is 0 Å². The number of amides is 1. The SMILES string of the molecule is Cc1cccc2c1N(C)C(=O)C2(C)CC(Cl)Cl. The van der Waals surface area contributed by atoms with Crippen molar-refractivity contribution < 1.29 is 4.79 Å². The van der Waals surface area contributed by atoms with Gasteiger partial charge >= 0.3 is 0 Å². The van der Waals surface area contributed by atoms with Crippen LogP contribution in [0.25, 0.3) is 0 Å². The number of carbonyl (C=O) groups excluding carboxylic acids is 1. The lowest BCUT2D eigenvalue weighted by Crippen LogP contribution is -2.37. The van der Waals surface area contributed by atoms with Crippen LogP contribution in [0.4, 0.5) is 5.69 Å². The smallest absolute Gasteiger partial charge is 0.237 e. The summed E-state index contributed by atoms with van der Waals surface area (Å²) in [6, 6.07) is 5.96. The third-order valence-electron chi connectivity index (χ3n) is 3.51. The molecular formula is C13H15Cl2NO. The highest BCUT2D eigenvalue weighted by molar-refractivity contribution is 6.44. The van der Waals surface area contributed by atoms with Crippen LogP contribution in [-0.4, -0.2) is 17.8 Å². The lowest BCUT2D eigenvalue weighted by molar-refractivity contribution is -0.122. The van der Waals surface area contributed by atoms with Crippen LogP contribution >= 0.6 is 23.2 Å². The predicted molar refractivity (Wildman–Crippen MR) is 72.1 cm³/mol. The molecule has 2 nitrogen and oxygen atoms in total. The van der Waals surface area contributed by atoms with Gasteiger partial charge in [0.25, 0.3) is 0 Å². The van der Waals surface area contributed by atoms with Gasteiger partial charge in [0, 0.05) is 7.05 Å². The predicted octanol–water partition coefficient (Wildman–Crippen LogP) is 3.42. The first-order valence-electron chi connectivity index (χ1n) is 5.54. The standard InChI is InChI=1S/C13H15Cl2NO/c1-8-5-4-6-9-11(8)16(3)12(17)13(9,2)7-10(14)15/h4-6,10H,7H2,1-3H3. The fourth-order valence-electron chi connectivity index (χ4n) is 2.64. The molecule has 0 spiro atoms. The number of hydrogen-bond acceptors (Lipinski definition) is 1. The van der Waals surface area contributed by atoms with Crippen LogP contribution in [0.15, 0.2) is 18.2 Å². The van der Waals surface area contributed by atoms with Gasteiger partial charge in [-0.05, 0) is 31.4 Å². The van der Waals surface area contributed by atoms with Gasteiger partial charge in [-0.1, -0.05) is 18.2 Å². The first-order valence-corrected chi connectivity index (χ1v) is 6.41. The van der Waals surface area contributed by atoms with Crippen molar-refractivity contribution in [2.75, 3.05) is 11.9 Å². The van der Waals surface area contributed by atoms with Crippen LogP contribution in [0.1, 0.15) is 24.5 Å². The number of para-hydroxylation sites is 1. The molecule has 0 bridgehead atoms. The number of aryl methyl sites for hydroxylation is 1. The fourth-order valence-corrected chi connectivity index (χ4v) is 3.26. The molecule has 17 heavy (non-hydrogen) atoms. The third kappa shape index (κ3) is 1.84. The molecule has 0 saturated carbocycles. The Bertz CT molecular complexity index is 472. The quantitative estimate of drug-likeness (QED) is 0.755. The van der Waals surface area contributed by atoms with Gasteiger partial charge in [0.15, 0.2) is 0 Å². The van der Waals surface area contributed by atoms with Gasteiger partial charge in [-0.2, -0.15) is 0 Å². The average molecular weight is 272 g/mol. The third-order valence-corrected chi connectivity index (χ3v) is 3.82. The first-order chi connectivity index (χ1) is 7.88. The van der Waals surface area contributed by atoms with E-state index in [2.05, 4.69) is 0 Å². The van der Waals surface area contributed by atoms with E-state index in [0.717, 1.165) is 16.8 Å². The molecule has 0 fully saturated rings. The Hall–Kier alpha value is -0.730. The summed E-state index contributed by atoms with van der Waals surface area (Å²) in [6.07, 6.45) is 0.440. The van der Waals surface area contributed by atoms with Crippen LogP contribution in [0, 0.1) is 6.92 Å². The molecule has 92 valence electrons. The maximum absolute atomic E-state index is 12.4. The van der Waals surface area contributed by atoms with E-state index in [-0.39, 0.29) is 5.91 Å². The van der Waals surface area contributed by atoms with Gasteiger partial charge in [-0.3, -0.25) is 4.79 Å². The number of nitrogens with zero attached hydrogens (tertiary/aromatic N) is 1. The Morgan fingerprint density at radius 3 is 2.65 bits per heavy atom. The highest BCUT2D eigenvalue weighted by Gasteiger charge is 2.47. The molecule has 1 aliphatic heterocycles. The van der Waals surface area contributed by atoms with Gasteiger partial charge in [0.2, 0.25) is 5.91 Å². The molecule has 2 rings (SSSR count). The second-order valence-corrected chi connectivity index (χ2v) is 6.04. The van der Waals surface area contributed by atoms with Crippen molar-refractivity contribution in [3.63, 3.8) is 0 Å². The van der Waals surface area contributed by atoms with Crippen LogP contribution in [0.3, 0.4) is 0 Å². The molecule has 1 unspecified atom stereocenters. The minimum atomic E-state index is -0.607. The minimum Gasteiger partial charge on any atom is -0.314 e. The fraction of sp³-hybridized carbons (Fsp3) is 0.462. The number of fused-ring (bicyclic) bond motifs is 1. The molecule has 1 aromatic carbocycles. The summed E-state index contributed by atoms with van der Waals surface area (Å²) >= 11 is 11.7. The highest BCUT2D eigenvalue weighted by atomic mass is 35.5. The van der Waals surface area contributed by atoms with Crippen LogP contribution in [0.5, 0.6) is 0 Å². The van der Waals surface area contributed by atoms with Gasteiger partial charge in [0.05, 0.1) is 11.1 Å². The van der Waals surface area contributed by atoms with E-state index in [1.165, 1.54) is 0 Å². The maximum atomic E-state index is 12.4. The van der Waals surface area contributed by atoms with E-state index in [9.17, 15) is 4.79 Å². The van der Waals surface area contributed by atoms with Crippen LogP contribution < -0.4 is 4.90 Å². The molecule has 0 N–H and O–H groups in total. The molecular weight excluding hydrogens is 257 g/mol. The summed E-state index contributed by atoms with van der Waals surface area (Å²) in [6.45, 7) is 3.92. The first kappa shape index (κ1) is 12.7. The number of anilines is 1. The lowest BCUT2D eigenvalue weighted by Gasteiger charge is -2.23. The van der Waals surface area contributed by atoms with Crippen LogP contribution in [-0.2, 0) is 10.2 Å². The zero-order chi connectivity index (χ0) is 12.8. The van der Waals surface area contributed by atoms with E-state index in [1.807, 2.05) is 32.0 Å². The molecule has 1 amide bonds. The topological polar surface area (TPSA) is 20.3 Å². The van der Waals surface area contributed by atoms with E-state index in [1.54, 1.807) is 11.9 Å². The van der Waals surface area contributed by atoms with E-state index in [0.29, 0.717) is 6.42 Å². The average Bonchev–Trinajstić information content (AvgIpc) is 2.42. The Morgan fingerprint density at radius 1 is 1.41 bits per heavy atom. The molecule has 0 aliphatic carbocycles. The minimum absolute atomic E-state index is 0.0631. The summed E-state index contributed by atoms with van der Waals surface area (Å²) in [7, 11) is 1.80. The number of rotatable bonds is 2. The molecule has 1 atom stereocenters. The summed E-state index contributed by atoms with van der Waals surface area (Å²) in [5, 5.41) is 0. The van der Waals surface area contributed by atoms with Gasteiger partial charge in [-0.25, -0.2) is 0 Å². The summed E-state index contributed by atoms with van der Waals surface area (Å²) < 4.78 is 0. The molecule has 1 aromatic rings. The zero-order valence-corrected chi connectivity index (χ0v) is 11.6. The van der Waals surface area contributed by atoms with Crippen molar-refractivity contribution in [3.05, 3.63) is 29.3 Å². The second kappa shape index (κ2) is 4.18. The van der Waals surface area contributed by atoms with Crippen LogP contribution in [0.2, 0.25) is 0 Å². The second-order valence-electron chi connectivity index (χ2n) is 4.76. The number of carbonyl (C=O) groups is 1. The number of hydrogen-bond donors (Lipinski definition) is 0. The van der Waals surface area contributed by atoms with Gasteiger partial charge in [0.1, 0.15) is 4.84 Å². The van der Waals surface area contributed by atoms with E-state index < -0.39 is 10.3 Å².